The maximum atomic E-state index is 13.7. The standard InChI is InChI=1S/C23H16Cl2FNO5/c1-11-3-7-18(32-11)20-19(21(28)12-4-8-17(31-2)15(25)9-12)22(29)23(30)27(20)13-5-6-16(26)14(24)10-13/h3-10,20,28H,1-2H3/b21-19-. The van der Waals surface area contributed by atoms with Crippen LogP contribution in [-0.2, 0) is 9.59 Å². The summed E-state index contributed by atoms with van der Waals surface area (Å²) in [5, 5.41) is 11.0. The number of amides is 1. The van der Waals surface area contributed by atoms with Gasteiger partial charge in [0.1, 0.15) is 34.9 Å². The summed E-state index contributed by atoms with van der Waals surface area (Å²) in [4.78, 5) is 27.2. The fourth-order valence-electron chi connectivity index (χ4n) is 3.57. The van der Waals surface area contributed by atoms with Crippen LogP contribution in [0.1, 0.15) is 23.1 Å². The molecule has 1 aromatic heterocycles. The van der Waals surface area contributed by atoms with Gasteiger partial charge in [0.2, 0.25) is 0 Å². The number of hydrogen-bond acceptors (Lipinski definition) is 5. The van der Waals surface area contributed by atoms with Crippen molar-refractivity contribution in [1.29, 1.82) is 0 Å². The number of methoxy groups -OCH3 is 1. The van der Waals surface area contributed by atoms with Crippen LogP contribution in [0.3, 0.4) is 0 Å². The molecule has 0 radical (unpaired) electrons. The van der Waals surface area contributed by atoms with E-state index in [2.05, 4.69) is 0 Å². The maximum Gasteiger partial charge on any atom is 0.300 e. The lowest BCUT2D eigenvalue weighted by Gasteiger charge is -2.23. The number of aryl methyl sites for hydroxylation is 1. The van der Waals surface area contributed by atoms with E-state index in [4.69, 9.17) is 32.4 Å². The number of nitrogens with zero attached hydrogens (tertiary/aromatic N) is 1. The summed E-state index contributed by atoms with van der Waals surface area (Å²) in [5.74, 6) is -1.82. The number of aliphatic hydroxyl groups excluding tert-OH is 1. The van der Waals surface area contributed by atoms with Crippen molar-refractivity contribution >= 4 is 46.3 Å². The average Bonchev–Trinajstić information content (AvgIpc) is 3.30. The Morgan fingerprint density at radius 2 is 1.84 bits per heavy atom. The van der Waals surface area contributed by atoms with E-state index in [-0.39, 0.29) is 32.6 Å². The molecule has 164 valence electrons. The molecule has 9 heteroatoms. The Morgan fingerprint density at radius 3 is 2.44 bits per heavy atom. The number of carbonyl (C=O) groups is 2. The van der Waals surface area contributed by atoms with Crippen molar-refractivity contribution in [2.75, 3.05) is 12.0 Å². The van der Waals surface area contributed by atoms with Gasteiger partial charge in [0.15, 0.2) is 0 Å². The normalized spacial score (nSPS) is 17.8. The summed E-state index contributed by atoms with van der Waals surface area (Å²) in [7, 11) is 1.44. The Kier molecular flexibility index (Phi) is 5.71. The minimum Gasteiger partial charge on any atom is -0.507 e. The molecule has 2 heterocycles. The lowest BCUT2D eigenvalue weighted by Crippen LogP contribution is -2.29. The van der Waals surface area contributed by atoms with Crippen molar-refractivity contribution in [3.63, 3.8) is 0 Å². The van der Waals surface area contributed by atoms with Gasteiger partial charge in [0, 0.05) is 11.3 Å². The zero-order chi connectivity index (χ0) is 23.2. The van der Waals surface area contributed by atoms with Crippen molar-refractivity contribution in [2.24, 2.45) is 0 Å². The highest BCUT2D eigenvalue weighted by molar-refractivity contribution is 6.51. The third kappa shape index (κ3) is 3.63. The van der Waals surface area contributed by atoms with E-state index in [0.717, 1.165) is 11.0 Å². The predicted octanol–water partition coefficient (Wildman–Crippen LogP) is 5.67. The van der Waals surface area contributed by atoms with Gasteiger partial charge in [-0.3, -0.25) is 14.5 Å². The van der Waals surface area contributed by atoms with Crippen molar-refractivity contribution in [2.45, 2.75) is 13.0 Å². The van der Waals surface area contributed by atoms with Crippen molar-refractivity contribution in [1.82, 2.24) is 0 Å². The van der Waals surface area contributed by atoms with Crippen LogP contribution in [-0.4, -0.2) is 23.9 Å². The lowest BCUT2D eigenvalue weighted by atomic mass is 9.99. The molecule has 1 atom stereocenters. The molecule has 1 unspecified atom stereocenters. The molecule has 1 aliphatic rings. The molecule has 1 saturated heterocycles. The van der Waals surface area contributed by atoms with Crippen LogP contribution in [0.15, 0.2) is 58.5 Å². The first kappa shape index (κ1) is 21.9. The number of aliphatic hydroxyl groups is 1. The third-order valence-electron chi connectivity index (χ3n) is 5.08. The predicted molar refractivity (Wildman–Crippen MR) is 118 cm³/mol. The zero-order valence-electron chi connectivity index (χ0n) is 16.9. The molecule has 0 aliphatic carbocycles. The van der Waals surface area contributed by atoms with Gasteiger partial charge in [-0.1, -0.05) is 23.2 Å². The number of ether oxygens (including phenoxy) is 1. The number of ketones is 1. The molecule has 32 heavy (non-hydrogen) atoms. The molecule has 1 amide bonds. The molecule has 1 N–H and O–H groups in total. The molecule has 1 fully saturated rings. The van der Waals surface area contributed by atoms with Gasteiger partial charge in [-0.2, -0.15) is 0 Å². The number of carbonyl (C=O) groups excluding carboxylic acids is 2. The minimum atomic E-state index is -1.11. The van der Waals surface area contributed by atoms with Crippen LogP contribution in [0.2, 0.25) is 10.0 Å². The Balaban J connectivity index is 1.93. The molecule has 4 rings (SSSR count). The van der Waals surface area contributed by atoms with Crippen LogP contribution >= 0.6 is 23.2 Å². The smallest absolute Gasteiger partial charge is 0.300 e. The number of benzene rings is 2. The average molecular weight is 476 g/mol. The number of rotatable bonds is 4. The summed E-state index contributed by atoms with van der Waals surface area (Å²) in [5.41, 5.74) is 0.176. The fourth-order valence-corrected chi connectivity index (χ4v) is 4.00. The number of furan rings is 1. The second-order valence-electron chi connectivity index (χ2n) is 7.07. The monoisotopic (exact) mass is 475 g/mol. The van der Waals surface area contributed by atoms with E-state index in [1.807, 2.05) is 0 Å². The van der Waals surface area contributed by atoms with Crippen LogP contribution in [0.25, 0.3) is 5.76 Å². The van der Waals surface area contributed by atoms with Crippen molar-refractivity contribution in [3.8, 4) is 5.75 Å². The maximum absolute atomic E-state index is 13.7. The first-order chi connectivity index (χ1) is 15.2. The number of hydrogen-bond donors (Lipinski definition) is 1. The second kappa shape index (κ2) is 8.33. The Labute approximate surface area is 192 Å². The summed E-state index contributed by atoms with van der Waals surface area (Å²) < 4.78 is 24.5. The van der Waals surface area contributed by atoms with Gasteiger partial charge in [-0.15, -0.1) is 0 Å². The van der Waals surface area contributed by atoms with E-state index in [1.54, 1.807) is 19.1 Å². The topological polar surface area (TPSA) is 80.0 Å². The van der Waals surface area contributed by atoms with E-state index in [0.29, 0.717) is 11.5 Å². The third-order valence-corrected chi connectivity index (χ3v) is 5.67. The first-order valence-electron chi connectivity index (χ1n) is 9.39. The van der Waals surface area contributed by atoms with Crippen LogP contribution < -0.4 is 9.64 Å². The Hall–Kier alpha value is -3.29. The van der Waals surface area contributed by atoms with Gasteiger partial charge in [0.25, 0.3) is 11.7 Å². The van der Waals surface area contributed by atoms with Gasteiger partial charge in [-0.25, -0.2) is 4.39 Å². The fraction of sp³-hybridized carbons (Fsp3) is 0.130. The highest BCUT2D eigenvalue weighted by Crippen LogP contribution is 2.43. The zero-order valence-corrected chi connectivity index (χ0v) is 18.4. The molecular formula is C23H16Cl2FNO5. The molecule has 6 nitrogen and oxygen atoms in total. The number of halogens is 3. The highest BCUT2D eigenvalue weighted by atomic mass is 35.5. The molecule has 0 bridgehead atoms. The van der Waals surface area contributed by atoms with E-state index in [1.165, 1.54) is 37.4 Å². The minimum absolute atomic E-state index is 0.171. The summed E-state index contributed by atoms with van der Waals surface area (Å²) in [6.45, 7) is 1.70. The number of anilines is 1. The molecule has 2 aromatic carbocycles. The molecule has 1 aliphatic heterocycles. The van der Waals surface area contributed by atoms with Crippen molar-refractivity contribution in [3.05, 3.63) is 87.1 Å². The largest absolute Gasteiger partial charge is 0.507 e. The summed E-state index contributed by atoms with van der Waals surface area (Å²) in [6.07, 6.45) is 0. The molecular weight excluding hydrogens is 460 g/mol. The lowest BCUT2D eigenvalue weighted by molar-refractivity contribution is -0.132. The van der Waals surface area contributed by atoms with E-state index < -0.39 is 29.3 Å². The Morgan fingerprint density at radius 1 is 1.09 bits per heavy atom. The summed E-state index contributed by atoms with van der Waals surface area (Å²) >= 11 is 12.1. The van der Waals surface area contributed by atoms with Gasteiger partial charge >= 0.3 is 0 Å². The van der Waals surface area contributed by atoms with Gasteiger partial charge < -0.3 is 14.3 Å². The summed E-state index contributed by atoms with van der Waals surface area (Å²) in [6, 6.07) is 10.2. The number of Topliss-reactive ketones (excluding diaryl/α,β-unsaturated/α-hetero) is 1. The SMILES string of the molecule is COc1ccc(/C(O)=C2/C(=O)C(=O)N(c3ccc(F)c(Cl)c3)C2c2ccc(C)o2)cc1Cl. The molecule has 0 saturated carbocycles. The Bertz CT molecular complexity index is 1280. The van der Waals surface area contributed by atoms with Crippen LogP contribution in [0.5, 0.6) is 5.75 Å². The molecule has 3 aromatic rings. The first-order valence-corrected chi connectivity index (χ1v) is 10.1. The van der Waals surface area contributed by atoms with Crippen LogP contribution in [0.4, 0.5) is 10.1 Å². The second-order valence-corrected chi connectivity index (χ2v) is 7.88. The highest BCUT2D eigenvalue weighted by Gasteiger charge is 2.48. The van der Waals surface area contributed by atoms with Crippen LogP contribution in [0, 0.1) is 12.7 Å². The van der Waals surface area contributed by atoms with Crippen molar-refractivity contribution < 1.29 is 28.2 Å². The quantitative estimate of drug-likeness (QED) is 0.298. The van der Waals surface area contributed by atoms with Gasteiger partial charge in [-0.05, 0) is 55.5 Å². The van der Waals surface area contributed by atoms with E-state index in [9.17, 15) is 19.1 Å². The molecule has 0 spiro atoms. The van der Waals surface area contributed by atoms with Gasteiger partial charge in [0.05, 0.1) is 22.7 Å². The van der Waals surface area contributed by atoms with E-state index >= 15 is 0 Å².